The van der Waals surface area contributed by atoms with E-state index in [-0.39, 0.29) is 0 Å². The maximum absolute atomic E-state index is 11.4. The summed E-state index contributed by atoms with van der Waals surface area (Å²) in [7, 11) is -1.45. The molecular weight excluding hydrogens is 314 g/mol. The molecule has 0 aliphatic heterocycles. The highest BCUT2D eigenvalue weighted by Crippen LogP contribution is 2.10. The van der Waals surface area contributed by atoms with Crippen LogP contribution in [-0.2, 0) is 21.0 Å². The molecule has 0 atom stereocenters. The van der Waals surface area contributed by atoms with E-state index in [4.69, 9.17) is 4.74 Å². The highest BCUT2D eigenvalue weighted by atomic mass is 32.2. The maximum atomic E-state index is 11.4. The van der Waals surface area contributed by atoms with E-state index in [1.54, 1.807) is 19.2 Å². The van der Waals surface area contributed by atoms with Crippen molar-refractivity contribution >= 4 is 15.8 Å². The van der Waals surface area contributed by atoms with Gasteiger partial charge >= 0.3 is 0 Å². The summed E-state index contributed by atoms with van der Waals surface area (Å²) >= 11 is 0. The lowest BCUT2D eigenvalue weighted by atomic mass is 10.1. The molecule has 0 amide bonds. The van der Waals surface area contributed by atoms with E-state index >= 15 is 0 Å². The minimum Gasteiger partial charge on any atom is -0.385 e. The number of nitrogens with zero attached hydrogens (tertiary/aromatic N) is 1. The van der Waals surface area contributed by atoms with Gasteiger partial charge in [0.25, 0.3) is 0 Å². The minimum absolute atomic E-state index is 0.349. The zero-order valence-corrected chi connectivity index (χ0v) is 14.9. The predicted octanol–water partition coefficient (Wildman–Crippen LogP) is 1.22. The predicted molar refractivity (Wildman–Crippen MR) is 93.7 cm³/mol. The first-order chi connectivity index (χ1) is 11.0. The molecule has 23 heavy (non-hydrogen) atoms. The lowest BCUT2D eigenvalue weighted by Crippen LogP contribution is -2.38. The summed E-state index contributed by atoms with van der Waals surface area (Å²) in [5.41, 5.74) is 1.08. The summed E-state index contributed by atoms with van der Waals surface area (Å²) in [6, 6.07) is 6.99. The molecule has 7 heteroatoms. The van der Waals surface area contributed by atoms with Crippen molar-refractivity contribution in [2.24, 2.45) is 4.99 Å². The minimum atomic E-state index is -3.13. The molecule has 1 aromatic rings. The van der Waals surface area contributed by atoms with Crippen LogP contribution in [-0.4, -0.2) is 54.0 Å². The number of hydrogen-bond donors (Lipinski definition) is 2. The molecule has 6 nitrogen and oxygen atoms in total. The standard InChI is InChI=1S/C16H27N3O3S/c1-4-17-16(18-11-5-13-22-2)19-12-10-14-6-8-15(9-7-14)23(3,20)21/h6-9H,4-5,10-13H2,1-3H3,(H2,17,18,19). The number of sulfone groups is 1. The summed E-state index contributed by atoms with van der Waals surface area (Å²) < 4.78 is 27.8. The Hall–Kier alpha value is -1.60. The third-order valence-corrected chi connectivity index (χ3v) is 4.31. The van der Waals surface area contributed by atoms with Crippen LogP contribution in [0.1, 0.15) is 18.9 Å². The number of nitrogens with one attached hydrogen (secondary N) is 2. The van der Waals surface area contributed by atoms with Gasteiger partial charge < -0.3 is 15.4 Å². The van der Waals surface area contributed by atoms with Crippen LogP contribution >= 0.6 is 0 Å². The fourth-order valence-corrected chi connectivity index (χ4v) is 2.60. The highest BCUT2D eigenvalue weighted by Gasteiger charge is 2.06. The Balaban J connectivity index is 2.46. The molecule has 0 heterocycles. The lowest BCUT2D eigenvalue weighted by molar-refractivity contribution is 0.197. The molecule has 0 saturated heterocycles. The van der Waals surface area contributed by atoms with Gasteiger partial charge in [0, 0.05) is 39.6 Å². The molecule has 0 radical (unpaired) electrons. The first kappa shape index (κ1) is 19.4. The van der Waals surface area contributed by atoms with E-state index < -0.39 is 9.84 Å². The fourth-order valence-electron chi connectivity index (χ4n) is 1.97. The molecule has 0 spiro atoms. The number of hydrogen-bond acceptors (Lipinski definition) is 4. The van der Waals surface area contributed by atoms with Crippen molar-refractivity contribution in [3.8, 4) is 0 Å². The average Bonchev–Trinajstić information content (AvgIpc) is 2.51. The van der Waals surface area contributed by atoms with Gasteiger partial charge in [0.2, 0.25) is 0 Å². The highest BCUT2D eigenvalue weighted by molar-refractivity contribution is 7.90. The van der Waals surface area contributed by atoms with E-state index in [1.165, 1.54) is 6.26 Å². The van der Waals surface area contributed by atoms with Gasteiger partial charge in [-0.2, -0.15) is 0 Å². The van der Waals surface area contributed by atoms with Crippen LogP contribution in [0.25, 0.3) is 0 Å². The number of benzene rings is 1. The molecule has 0 aliphatic carbocycles. The molecule has 0 fully saturated rings. The Kier molecular flexibility index (Phi) is 8.65. The number of guanidine groups is 1. The van der Waals surface area contributed by atoms with E-state index in [0.717, 1.165) is 37.5 Å². The van der Waals surface area contributed by atoms with Crippen LogP contribution in [0, 0.1) is 0 Å². The third-order valence-electron chi connectivity index (χ3n) is 3.18. The number of rotatable bonds is 9. The van der Waals surface area contributed by atoms with Gasteiger partial charge in [0.1, 0.15) is 0 Å². The largest absolute Gasteiger partial charge is 0.385 e. The van der Waals surface area contributed by atoms with Gasteiger partial charge in [0.05, 0.1) is 4.90 Å². The van der Waals surface area contributed by atoms with Gasteiger partial charge in [-0.25, -0.2) is 8.42 Å². The Labute approximate surface area is 139 Å². The molecule has 0 bridgehead atoms. The van der Waals surface area contributed by atoms with Gasteiger partial charge in [-0.15, -0.1) is 0 Å². The fraction of sp³-hybridized carbons (Fsp3) is 0.562. The summed E-state index contributed by atoms with van der Waals surface area (Å²) in [4.78, 5) is 4.81. The Morgan fingerprint density at radius 3 is 2.48 bits per heavy atom. The zero-order valence-electron chi connectivity index (χ0n) is 14.1. The molecule has 1 rings (SSSR count). The topological polar surface area (TPSA) is 79.8 Å². The Morgan fingerprint density at radius 1 is 1.22 bits per heavy atom. The molecule has 0 aliphatic rings. The third kappa shape index (κ3) is 7.99. The quantitative estimate of drug-likeness (QED) is 0.401. The summed E-state index contributed by atoms with van der Waals surface area (Å²) in [6.07, 6.45) is 2.90. The molecule has 2 N–H and O–H groups in total. The second-order valence-electron chi connectivity index (χ2n) is 5.20. The summed E-state index contributed by atoms with van der Waals surface area (Å²) in [5.74, 6) is 0.788. The smallest absolute Gasteiger partial charge is 0.191 e. The first-order valence-corrected chi connectivity index (χ1v) is 9.66. The van der Waals surface area contributed by atoms with Crippen molar-refractivity contribution in [2.75, 3.05) is 39.6 Å². The second kappa shape index (κ2) is 10.2. The summed E-state index contributed by atoms with van der Waals surface area (Å²) in [6.45, 7) is 4.98. The molecule has 0 unspecified atom stereocenters. The van der Waals surface area contributed by atoms with Crippen LogP contribution in [0.4, 0.5) is 0 Å². The zero-order chi connectivity index (χ0) is 17.1. The number of aliphatic imine (C=N–C) groups is 1. The van der Waals surface area contributed by atoms with Gasteiger partial charge in [-0.3, -0.25) is 4.99 Å². The Bertz CT molecular complexity index is 583. The second-order valence-corrected chi connectivity index (χ2v) is 7.22. The van der Waals surface area contributed by atoms with Gasteiger partial charge in [-0.1, -0.05) is 12.1 Å². The van der Waals surface area contributed by atoms with Gasteiger partial charge in [-0.05, 0) is 37.5 Å². The van der Waals surface area contributed by atoms with Crippen molar-refractivity contribution in [3.63, 3.8) is 0 Å². The van der Waals surface area contributed by atoms with Gasteiger partial charge in [0.15, 0.2) is 15.8 Å². The number of methoxy groups -OCH3 is 1. The monoisotopic (exact) mass is 341 g/mol. The van der Waals surface area contributed by atoms with Crippen molar-refractivity contribution in [3.05, 3.63) is 29.8 Å². The normalized spacial score (nSPS) is 12.2. The molecule has 0 saturated carbocycles. The van der Waals surface area contributed by atoms with E-state index in [1.807, 2.05) is 19.1 Å². The van der Waals surface area contributed by atoms with Crippen molar-refractivity contribution < 1.29 is 13.2 Å². The van der Waals surface area contributed by atoms with Crippen molar-refractivity contribution in [1.82, 2.24) is 10.6 Å². The Morgan fingerprint density at radius 2 is 1.91 bits per heavy atom. The van der Waals surface area contributed by atoms with E-state index in [9.17, 15) is 8.42 Å². The molecule has 130 valence electrons. The molecular formula is C16H27N3O3S. The van der Waals surface area contributed by atoms with Crippen LogP contribution < -0.4 is 10.6 Å². The SMILES string of the molecule is CCNC(=NCCCOC)NCCc1ccc(S(C)(=O)=O)cc1. The van der Waals surface area contributed by atoms with Crippen molar-refractivity contribution in [1.29, 1.82) is 0 Å². The van der Waals surface area contributed by atoms with Crippen LogP contribution in [0.2, 0.25) is 0 Å². The van der Waals surface area contributed by atoms with Crippen LogP contribution in [0.15, 0.2) is 34.2 Å². The molecule has 1 aromatic carbocycles. The lowest BCUT2D eigenvalue weighted by Gasteiger charge is -2.11. The van der Waals surface area contributed by atoms with E-state index in [2.05, 4.69) is 15.6 Å². The summed E-state index contributed by atoms with van der Waals surface area (Å²) in [5, 5.41) is 6.46. The average molecular weight is 341 g/mol. The van der Waals surface area contributed by atoms with Crippen LogP contribution in [0.3, 0.4) is 0 Å². The number of ether oxygens (including phenoxy) is 1. The van der Waals surface area contributed by atoms with Crippen LogP contribution in [0.5, 0.6) is 0 Å². The van der Waals surface area contributed by atoms with E-state index in [0.29, 0.717) is 18.0 Å². The first-order valence-electron chi connectivity index (χ1n) is 7.77. The molecule has 0 aromatic heterocycles. The maximum Gasteiger partial charge on any atom is 0.191 e. The van der Waals surface area contributed by atoms with Crippen molar-refractivity contribution in [2.45, 2.75) is 24.7 Å².